The molecule has 1 aliphatic rings. The number of hydrogen-bond acceptors (Lipinski definition) is 3. The molecule has 5 nitrogen and oxygen atoms in total. The van der Waals surface area contributed by atoms with Crippen LogP contribution in [0.1, 0.15) is 6.42 Å². The molecule has 0 aromatic rings. The summed E-state index contributed by atoms with van der Waals surface area (Å²) in [5.41, 5.74) is 0. The Bertz CT molecular complexity index is 369. The summed E-state index contributed by atoms with van der Waals surface area (Å²) in [4.78, 5) is 10.7. The minimum absolute atomic E-state index is 0.247. The third-order valence-corrected chi connectivity index (χ3v) is 2.80. The SMILES string of the molecule is O=C(O)N1CC(F)(F)C[C@H]1CS(=O)(=O)F. The Morgan fingerprint density at radius 1 is 1.53 bits per heavy atom. The predicted molar refractivity (Wildman–Crippen MR) is 43.0 cm³/mol. The highest BCUT2D eigenvalue weighted by Gasteiger charge is 2.48. The second-order valence-corrected chi connectivity index (χ2v) is 4.74. The van der Waals surface area contributed by atoms with E-state index in [4.69, 9.17) is 5.11 Å². The first kappa shape index (κ1) is 12.1. The van der Waals surface area contributed by atoms with E-state index in [2.05, 4.69) is 0 Å². The number of hydrogen-bond donors (Lipinski definition) is 1. The van der Waals surface area contributed by atoms with Crippen molar-refractivity contribution in [2.45, 2.75) is 18.4 Å². The normalized spacial score (nSPS) is 25.5. The van der Waals surface area contributed by atoms with Gasteiger partial charge in [-0.2, -0.15) is 8.42 Å². The number of rotatable bonds is 2. The second-order valence-electron chi connectivity index (χ2n) is 3.33. The fraction of sp³-hybridized carbons (Fsp3) is 0.833. The van der Waals surface area contributed by atoms with Crippen LogP contribution in [-0.4, -0.2) is 48.8 Å². The molecule has 1 rings (SSSR count). The molecule has 0 bridgehead atoms. The Kier molecular flexibility index (Phi) is 2.85. The molecule has 1 atom stereocenters. The summed E-state index contributed by atoms with van der Waals surface area (Å²) in [5.74, 6) is -4.53. The van der Waals surface area contributed by atoms with Crippen molar-refractivity contribution in [3.8, 4) is 0 Å². The number of carboxylic acid groups (broad SMARTS) is 1. The van der Waals surface area contributed by atoms with Crippen LogP contribution in [0.3, 0.4) is 0 Å². The molecule has 0 aromatic carbocycles. The lowest BCUT2D eigenvalue weighted by Gasteiger charge is -2.18. The van der Waals surface area contributed by atoms with Gasteiger partial charge in [0.05, 0.1) is 12.6 Å². The molecule has 88 valence electrons. The summed E-state index contributed by atoms with van der Waals surface area (Å²) in [7, 11) is -4.96. The Balaban J connectivity index is 2.83. The highest BCUT2D eigenvalue weighted by atomic mass is 32.3. The summed E-state index contributed by atoms with van der Waals surface area (Å²) < 4.78 is 58.2. The Morgan fingerprint density at radius 2 is 2.07 bits per heavy atom. The van der Waals surface area contributed by atoms with Crippen LogP contribution in [0.5, 0.6) is 0 Å². The maximum absolute atomic E-state index is 12.8. The topological polar surface area (TPSA) is 74.7 Å². The third-order valence-electron chi connectivity index (χ3n) is 2.01. The van der Waals surface area contributed by atoms with E-state index in [0.717, 1.165) is 0 Å². The molecule has 0 aromatic heterocycles. The van der Waals surface area contributed by atoms with E-state index in [1.807, 2.05) is 0 Å². The van der Waals surface area contributed by atoms with E-state index in [1.54, 1.807) is 0 Å². The summed E-state index contributed by atoms with van der Waals surface area (Å²) in [6.07, 6.45) is -2.65. The predicted octanol–water partition coefficient (Wildman–Crippen LogP) is 0.673. The monoisotopic (exact) mass is 247 g/mol. The van der Waals surface area contributed by atoms with Crippen molar-refractivity contribution in [3.05, 3.63) is 0 Å². The number of nitrogens with zero attached hydrogens (tertiary/aromatic N) is 1. The Labute approximate surface area is 83.7 Å². The highest BCUT2D eigenvalue weighted by molar-refractivity contribution is 7.86. The van der Waals surface area contributed by atoms with Gasteiger partial charge >= 0.3 is 16.3 Å². The van der Waals surface area contributed by atoms with Crippen LogP contribution in [-0.2, 0) is 10.2 Å². The lowest BCUT2D eigenvalue weighted by Crippen LogP contribution is -2.38. The van der Waals surface area contributed by atoms with Gasteiger partial charge in [0.25, 0.3) is 5.92 Å². The zero-order chi connectivity index (χ0) is 11.9. The molecule has 15 heavy (non-hydrogen) atoms. The van der Waals surface area contributed by atoms with Crippen LogP contribution in [0, 0.1) is 0 Å². The summed E-state index contributed by atoms with van der Waals surface area (Å²) >= 11 is 0. The average Bonchev–Trinajstić information content (AvgIpc) is 2.21. The van der Waals surface area contributed by atoms with Gasteiger partial charge in [-0.1, -0.05) is 0 Å². The van der Waals surface area contributed by atoms with Crippen LogP contribution in [0.2, 0.25) is 0 Å². The quantitative estimate of drug-likeness (QED) is 0.728. The van der Waals surface area contributed by atoms with E-state index in [1.165, 1.54) is 0 Å². The Morgan fingerprint density at radius 3 is 2.47 bits per heavy atom. The summed E-state index contributed by atoms with van der Waals surface area (Å²) in [5, 5.41) is 8.49. The first-order chi connectivity index (χ1) is 6.61. The van der Waals surface area contributed by atoms with Crippen molar-refractivity contribution < 1.29 is 31.0 Å². The first-order valence-corrected chi connectivity index (χ1v) is 5.46. The molecule has 1 fully saturated rings. The molecule has 0 unspecified atom stereocenters. The smallest absolute Gasteiger partial charge is 0.407 e. The van der Waals surface area contributed by atoms with E-state index in [0.29, 0.717) is 0 Å². The van der Waals surface area contributed by atoms with Gasteiger partial charge in [-0.05, 0) is 0 Å². The van der Waals surface area contributed by atoms with Crippen molar-refractivity contribution in [3.63, 3.8) is 0 Å². The molecular formula is C6H8F3NO4S. The molecule has 1 saturated heterocycles. The molecule has 1 heterocycles. The van der Waals surface area contributed by atoms with E-state index in [9.17, 15) is 25.9 Å². The van der Waals surface area contributed by atoms with Crippen LogP contribution in [0.15, 0.2) is 0 Å². The number of carbonyl (C=O) groups is 1. The average molecular weight is 247 g/mol. The van der Waals surface area contributed by atoms with Crippen molar-refractivity contribution in [2.24, 2.45) is 0 Å². The molecule has 0 spiro atoms. The lowest BCUT2D eigenvalue weighted by atomic mass is 10.2. The number of alkyl halides is 2. The Hall–Kier alpha value is -0.990. The molecule has 1 N–H and O–H groups in total. The third kappa shape index (κ3) is 3.26. The lowest BCUT2D eigenvalue weighted by molar-refractivity contribution is 0.0127. The van der Waals surface area contributed by atoms with Gasteiger partial charge < -0.3 is 5.11 Å². The zero-order valence-electron chi connectivity index (χ0n) is 7.36. The van der Waals surface area contributed by atoms with E-state index in [-0.39, 0.29) is 4.90 Å². The van der Waals surface area contributed by atoms with Crippen molar-refractivity contribution in [1.29, 1.82) is 0 Å². The molecule has 0 radical (unpaired) electrons. The van der Waals surface area contributed by atoms with E-state index >= 15 is 0 Å². The molecule has 9 heteroatoms. The first-order valence-electron chi connectivity index (χ1n) is 3.90. The van der Waals surface area contributed by atoms with Gasteiger partial charge in [-0.15, -0.1) is 3.89 Å². The number of amides is 1. The maximum Gasteiger partial charge on any atom is 0.407 e. The maximum atomic E-state index is 12.8. The van der Waals surface area contributed by atoms with Gasteiger partial charge in [0.1, 0.15) is 5.75 Å². The minimum Gasteiger partial charge on any atom is -0.465 e. The van der Waals surface area contributed by atoms with E-state index < -0.39 is 47.0 Å². The van der Waals surface area contributed by atoms with Crippen LogP contribution in [0.25, 0.3) is 0 Å². The second kappa shape index (κ2) is 3.54. The summed E-state index contributed by atoms with van der Waals surface area (Å²) in [6, 6.07) is -1.52. The summed E-state index contributed by atoms with van der Waals surface area (Å²) in [6.45, 7) is -1.09. The van der Waals surface area contributed by atoms with Crippen molar-refractivity contribution >= 4 is 16.3 Å². The fourth-order valence-corrected chi connectivity index (χ4v) is 2.26. The van der Waals surface area contributed by atoms with Gasteiger partial charge in [0, 0.05) is 6.42 Å². The van der Waals surface area contributed by atoms with Gasteiger partial charge in [0.2, 0.25) is 0 Å². The standard InChI is InChI=1S/C6H8F3NO4S/c7-6(8)1-4(2-15(9,13)14)10(3-6)5(11)12/h4H,1-3H2,(H,11,12)/t4-/m0/s1. The molecule has 1 amide bonds. The number of halogens is 3. The van der Waals surface area contributed by atoms with Crippen molar-refractivity contribution in [1.82, 2.24) is 4.90 Å². The van der Waals surface area contributed by atoms with Crippen LogP contribution < -0.4 is 0 Å². The largest absolute Gasteiger partial charge is 0.465 e. The molecule has 1 aliphatic heterocycles. The van der Waals surface area contributed by atoms with Gasteiger partial charge in [-0.25, -0.2) is 13.6 Å². The minimum atomic E-state index is -4.96. The zero-order valence-corrected chi connectivity index (χ0v) is 8.18. The van der Waals surface area contributed by atoms with Gasteiger partial charge in [-0.3, -0.25) is 4.90 Å². The fourth-order valence-electron chi connectivity index (χ4n) is 1.50. The molecular weight excluding hydrogens is 239 g/mol. The number of likely N-dealkylation sites (tertiary alicyclic amines) is 1. The van der Waals surface area contributed by atoms with Crippen molar-refractivity contribution in [2.75, 3.05) is 12.3 Å². The van der Waals surface area contributed by atoms with Crippen LogP contribution >= 0.6 is 0 Å². The highest BCUT2D eigenvalue weighted by Crippen LogP contribution is 2.32. The van der Waals surface area contributed by atoms with Crippen LogP contribution in [0.4, 0.5) is 17.5 Å². The molecule has 0 aliphatic carbocycles. The van der Waals surface area contributed by atoms with Gasteiger partial charge in [0.15, 0.2) is 0 Å². The molecule has 0 saturated carbocycles.